The minimum Gasteiger partial charge on any atom is -0.550 e. The summed E-state index contributed by atoms with van der Waals surface area (Å²) < 4.78 is 5.99. The summed E-state index contributed by atoms with van der Waals surface area (Å²) in [6, 6.07) is 0. The van der Waals surface area contributed by atoms with Gasteiger partial charge in [0.1, 0.15) is 6.10 Å². The summed E-state index contributed by atoms with van der Waals surface area (Å²) >= 11 is 0. The second-order valence-electron chi connectivity index (χ2n) is 9.27. The van der Waals surface area contributed by atoms with E-state index in [0.717, 1.165) is 12.8 Å². The Bertz CT molecular complexity index is 660. The van der Waals surface area contributed by atoms with E-state index in [1.165, 1.54) is 5.57 Å². The molecule has 2 N–H and O–H groups in total. The van der Waals surface area contributed by atoms with Gasteiger partial charge in [0.2, 0.25) is 0 Å². The fourth-order valence-corrected chi connectivity index (χ4v) is 4.75. The number of carboxylic acids is 1. The van der Waals surface area contributed by atoms with E-state index in [1.807, 2.05) is 13.8 Å². The SMILES string of the molecule is CCC(C)C(=O)O[C@H]1C[C@@H](C)C=C2C=C[C@H](C)[C@H](CC[C@H](O)C[C@@H](O)CC(=O)[O-])[C@H]21.[Na+]. The maximum absolute atomic E-state index is 12.5. The summed E-state index contributed by atoms with van der Waals surface area (Å²) in [5, 5.41) is 30.7. The average Bonchev–Trinajstić information content (AvgIpc) is 2.65. The zero-order valence-corrected chi connectivity index (χ0v) is 21.6. The molecule has 0 bridgehead atoms. The van der Waals surface area contributed by atoms with Crippen molar-refractivity contribution in [3.63, 3.8) is 0 Å². The van der Waals surface area contributed by atoms with Crippen molar-refractivity contribution in [2.45, 2.75) is 84.5 Å². The monoisotopic (exact) mass is 444 g/mol. The number of aliphatic hydroxyl groups excluding tert-OH is 2. The summed E-state index contributed by atoms with van der Waals surface area (Å²) in [5.41, 5.74) is 1.20. The van der Waals surface area contributed by atoms with Crippen molar-refractivity contribution in [1.82, 2.24) is 0 Å². The van der Waals surface area contributed by atoms with Crippen LogP contribution in [0.15, 0.2) is 23.8 Å². The second-order valence-corrected chi connectivity index (χ2v) is 9.27. The number of carbonyl (C=O) groups excluding carboxylic acids is 2. The van der Waals surface area contributed by atoms with E-state index in [-0.39, 0.29) is 71.7 Å². The van der Waals surface area contributed by atoms with E-state index in [9.17, 15) is 24.9 Å². The summed E-state index contributed by atoms with van der Waals surface area (Å²) in [6.45, 7) is 8.14. The molecule has 0 aromatic rings. The normalized spacial score (nSPS) is 30.3. The third-order valence-corrected chi connectivity index (χ3v) is 6.66. The van der Waals surface area contributed by atoms with Crippen LogP contribution in [0.1, 0.15) is 66.2 Å². The van der Waals surface area contributed by atoms with Gasteiger partial charge in [-0.25, -0.2) is 0 Å². The molecule has 6 nitrogen and oxygen atoms in total. The first-order chi connectivity index (χ1) is 14.1. The molecule has 0 amide bonds. The van der Waals surface area contributed by atoms with Gasteiger partial charge in [-0.2, -0.15) is 0 Å². The molecule has 0 spiro atoms. The van der Waals surface area contributed by atoms with Crippen LogP contribution in [0.5, 0.6) is 0 Å². The van der Waals surface area contributed by atoms with Crippen LogP contribution >= 0.6 is 0 Å². The van der Waals surface area contributed by atoms with Gasteiger partial charge >= 0.3 is 35.5 Å². The van der Waals surface area contributed by atoms with Crippen molar-refractivity contribution in [1.29, 1.82) is 0 Å². The summed E-state index contributed by atoms with van der Waals surface area (Å²) in [5.74, 6) is -0.705. The molecular weight excluding hydrogens is 407 g/mol. The number of ether oxygens (including phenoxy) is 1. The van der Waals surface area contributed by atoms with Gasteiger partial charge in [-0.1, -0.05) is 45.9 Å². The first kappa shape index (κ1) is 28.4. The number of aliphatic carboxylic acids is 1. The molecule has 0 radical (unpaired) electrons. The number of hydrogen-bond donors (Lipinski definition) is 2. The standard InChI is InChI=1S/C24H38O6.Na/c1-5-15(3)24(29)30-21-11-14(2)10-17-7-6-16(4)20(23(17)21)9-8-18(25)12-19(26)13-22(27)28;/h6-7,10,14-16,18-21,23,25-26H,5,8-9,11-13H2,1-4H3,(H,27,28);/q;+1/p-1/t14-,15?,16-,18-,19+,20-,21-,23-;/m0./s1. The molecule has 2 aliphatic carbocycles. The van der Waals surface area contributed by atoms with Crippen LogP contribution in [0.3, 0.4) is 0 Å². The maximum Gasteiger partial charge on any atom is 1.00 e. The molecule has 0 aromatic carbocycles. The Labute approximate surface area is 208 Å². The van der Waals surface area contributed by atoms with Gasteiger partial charge < -0.3 is 24.9 Å². The van der Waals surface area contributed by atoms with Gasteiger partial charge in [-0.3, -0.25) is 4.79 Å². The van der Waals surface area contributed by atoms with Gasteiger partial charge in [0.05, 0.1) is 18.1 Å². The Morgan fingerprint density at radius 3 is 2.55 bits per heavy atom. The Morgan fingerprint density at radius 1 is 1.26 bits per heavy atom. The summed E-state index contributed by atoms with van der Waals surface area (Å²) in [7, 11) is 0. The number of carbonyl (C=O) groups is 2. The van der Waals surface area contributed by atoms with E-state index in [4.69, 9.17) is 4.74 Å². The van der Waals surface area contributed by atoms with Crippen LogP contribution in [-0.2, 0) is 14.3 Å². The third kappa shape index (κ3) is 8.32. The summed E-state index contributed by atoms with van der Waals surface area (Å²) in [4.78, 5) is 23.1. The first-order valence-electron chi connectivity index (χ1n) is 11.3. The molecule has 0 saturated carbocycles. The fraction of sp³-hybridized carbons (Fsp3) is 0.750. The number of hydrogen-bond acceptors (Lipinski definition) is 6. The molecular formula is C24H37NaO6. The summed E-state index contributed by atoms with van der Waals surface area (Å²) in [6.07, 6.45) is 6.75. The third-order valence-electron chi connectivity index (χ3n) is 6.66. The van der Waals surface area contributed by atoms with E-state index >= 15 is 0 Å². The van der Waals surface area contributed by atoms with Gasteiger partial charge in [-0.05, 0) is 55.4 Å². The number of aliphatic hydroxyl groups is 2. The molecule has 0 aromatic heterocycles. The molecule has 0 saturated heterocycles. The predicted octanol–water partition coefficient (Wildman–Crippen LogP) is -0.615. The number of carboxylic acid groups (broad SMARTS) is 1. The van der Waals surface area contributed by atoms with Crippen LogP contribution in [0.2, 0.25) is 0 Å². The van der Waals surface area contributed by atoms with Crippen molar-refractivity contribution < 1.29 is 59.2 Å². The largest absolute Gasteiger partial charge is 1.00 e. The minimum absolute atomic E-state index is 0. The molecule has 170 valence electrons. The Hall–Kier alpha value is -0.660. The first-order valence-corrected chi connectivity index (χ1v) is 11.3. The zero-order chi connectivity index (χ0) is 22.4. The molecule has 2 aliphatic rings. The molecule has 0 fully saturated rings. The number of rotatable bonds is 10. The second kappa shape index (κ2) is 13.1. The van der Waals surface area contributed by atoms with Gasteiger partial charge in [0.15, 0.2) is 0 Å². The van der Waals surface area contributed by atoms with E-state index in [0.29, 0.717) is 18.8 Å². The minimum atomic E-state index is -1.32. The molecule has 0 aliphatic heterocycles. The van der Waals surface area contributed by atoms with Crippen molar-refractivity contribution >= 4 is 11.9 Å². The van der Waals surface area contributed by atoms with Crippen LogP contribution < -0.4 is 34.7 Å². The molecule has 2 rings (SSSR count). The van der Waals surface area contributed by atoms with Gasteiger partial charge in [0, 0.05) is 18.3 Å². The predicted molar refractivity (Wildman–Crippen MR) is 112 cm³/mol. The van der Waals surface area contributed by atoms with Crippen LogP contribution in [0, 0.1) is 29.6 Å². The fourth-order valence-electron chi connectivity index (χ4n) is 4.75. The van der Waals surface area contributed by atoms with Gasteiger partial charge in [-0.15, -0.1) is 0 Å². The van der Waals surface area contributed by atoms with Crippen molar-refractivity contribution in [2.75, 3.05) is 0 Å². The van der Waals surface area contributed by atoms with E-state index in [2.05, 4.69) is 32.1 Å². The molecule has 8 atom stereocenters. The quantitative estimate of drug-likeness (QED) is 0.344. The smallest absolute Gasteiger partial charge is 0.550 e. The van der Waals surface area contributed by atoms with E-state index in [1.54, 1.807) is 0 Å². The molecule has 7 heteroatoms. The topological polar surface area (TPSA) is 107 Å². The molecule has 1 unspecified atom stereocenters. The molecule has 31 heavy (non-hydrogen) atoms. The zero-order valence-electron chi connectivity index (χ0n) is 19.6. The average molecular weight is 445 g/mol. The van der Waals surface area contributed by atoms with Crippen LogP contribution in [0.25, 0.3) is 0 Å². The van der Waals surface area contributed by atoms with Crippen LogP contribution in [0.4, 0.5) is 0 Å². The van der Waals surface area contributed by atoms with Crippen molar-refractivity contribution in [2.24, 2.45) is 29.6 Å². The molecule has 0 heterocycles. The number of allylic oxidation sites excluding steroid dienone is 3. The van der Waals surface area contributed by atoms with Crippen LogP contribution in [-0.4, -0.2) is 40.5 Å². The van der Waals surface area contributed by atoms with Crippen molar-refractivity contribution in [3.05, 3.63) is 23.8 Å². The number of fused-ring (bicyclic) bond motifs is 1. The van der Waals surface area contributed by atoms with Crippen molar-refractivity contribution in [3.8, 4) is 0 Å². The van der Waals surface area contributed by atoms with E-state index < -0.39 is 24.6 Å². The Kier molecular flexibility index (Phi) is 12.0. The Morgan fingerprint density at radius 2 is 1.94 bits per heavy atom. The Balaban J connectivity index is 0.00000480. The maximum atomic E-state index is 12.5. The van der Waals surface area contributed by atoms with Gasteiger partial charge in [0.25, 0.3) is 0 Å². The number of esters is 1.